The lowest BCUT2D eigenvalue weighted by molar-refractivity contribution is 0.258. The highest BCUT2D eigenvalue weighted by Gasteiger charge is 2.13. The first-order chi connectivity index (χ1) is 14.5. The third-order valence-corrected chi connectivity index (χ3v) is 5.31. The van der Waals surface area contributed by atoms with E-state index in [0.717, 1.165) is 27.9 Å². The minimum atomic E-state index is -0.261. The molecule has 0 aliphatic heterocycles. The third kappa shape index (κ3) is 4.04. The van der Waals surface area contributed by atoms with Crippen LogP contribution in [0.4, 0.5) is 15.6 Å². The van der Waals surface area contributed by atoms with Crippen molar-refractivity contribution in [1.29, 1.82) is 0 Å². The van der Waals surface area contributed by atoms with Gasteiger partial charge in [0.05, 0.1) is 12.6 Å². The minimum absolute atomic E-state index is 0.261. The Morgan fingerprint density at radius 1 is 1.07 bits per heavy atom. The fourth-order valence-electron chi connectivity index (χ4n) is 3.01. The first kappa shape index (κ1) is 19.7. The molecule has 0 atom stereocenters. The largest absolute Gasteiger partial charge is 0.496 e. The summed E-state index contributed by atoms with van der Waals surface area (Å²) in [6.45, 7) is 1.98. The van der Waals surface area contributed by atoms with Crippen molar-refractivity contribution in [3.05, 3.63) is 65.8 Å². The molecule has 0 saturated carbocycles. The number of hydrogen-bond acceptors (Lipinski definition) is 6. The molecule has 0 unspecified atom stereocenters. The van der Waals surface area contributed by atoms with Gasteiger partial charge in [-0.2, -0.15) is 0 Å². The molecule has 0 radical (unpaired) electrons. The van der Waals surface area contributed by atoms with Gasteiger partial charge in [-0.3, -0.25) is 15.2 Å². The predicted molar refractivity (Wildman–Crippen MR) is 119 cm³/mol. The topological polar surface area (TPSA) is 76.6 Å². The number of nitrogens with one attached hydrogen (secondary N) is 1. The Labute approximate surface area is 177 Å². The average Bonchev–Trinajstić information content (AvgIpc) is 3.27. The average molecular weight is 420 g/mol. The summed E-state index contributed by atoms with van der Waals surface area (Å²) in [6, 6.07) is 12.8. The number of urea groups is 1. The van der Waals surface area contributed by atoms with E-state index in [2.05, 4.69) is 15.3 Å². The lowest BCUT2D eigenvalue weighted by Crippen LogP contribution is -2.30. The van der Waals surface area contributed by atoms with Gasteiger partial charge in [-0.25, -0.2) is 9.78 Å². The zero-order valence-corrected chi connectivity index (χ0v) is 17.6. The number of nitrogens with zero attached hydrogens (tertiary/aromatic N) is 3. The van der Waals surface area contributed by atoms with E-state index < -0.39 is 0 Å². The number of carbonyl (C=O) groups is 1. The molecule has 30 heavy (non-hydrogen) atoms. The maximum absolute atomic E-state index is 12.4. The Kier molecular flexibility index (Phi) is 5.49. The monoisotopic (exact) mass is 420 g/mol. The van der Waals surface area contributed by atoms with Crippen LogP contribution in [0.2, 0.25) is 0 Å². The van der Waals surface area contributed by atoms with E-state index >= 15 is 0 Å². The minimum Gasteiger partial charge on any atom is -0.496 e. The molecule has 0 saturated heterocycles. The summed E-state index contributed by atoms with van der Waals surface area (Å²) < 4.78 is 11.5. The molecule has 7 nitrogen and oxygen atoms in total. The zero-order valence-electron chi connectivity index (χ0n) is 16.7. The van der Waals surface area contributed by atoms with E-state index in [-0.39, 0.29) is 6.03 Å². The van der Waals surface area contributed by atoms with Crippen molar-refractivity contribution in [1.82, 2.24) is 9.97 Å². The maximum atomic E-state index is 12.4. The van der Waals surface area contributed by atoms with Crippen LogP contribution in [0, 0.1) is 6.92 Å². The van der Waals surface area contributed by atoms with Crippen LogP contribution in [0.1, 0.15) is 5.56 Å². The van der Waals surface area contributed by atoms with Crippen molar-refractivity contribution < 1.29 is 14.3 Å². The van der Waals surface area contributed by atoms with Gasteiger partial charge in [-0.15, -0.1) is 11.3 Å². The van der Waals surface area contributed by atoms with E-state index in [1.807, 2.05) is 54.8 Å². The molecule has 152 valence electrons. The van der Waals surface area contributed by atoms with E-state index in [4.69, 9.17) is 9.47 Å². The molecule has 0 aliphatic carbocycles. The number of aromatic nitrogens is 2. The van der Waals surface area contributed by atoms with Crippen molar-refractivity contribution in [2.75, 3.05) is 24.4 Å². The summed E-state index contributed by atoms with van der Waals surface area (Å²) in [5.41, 5.74) is 2.54. The number of thiazole rings is 1. The van der Waals surface area contributed by atoms with Crippen LogP contribution in [0.3, 0.4) is 0 Å². The third-order valence-electron chi connectivity index (χ3n) is 4.62. The first-order valence-corrected chi connectivity index (χ1v) is 10.1. The summed E-state index contributed by atoms with van der Waals surface area (Å²) in [4.78, 5) is 22.3. The number of aryl methyl sites for hydroxylation is 1. The highest BCUT2D eigenvalue weighted by Crippen LogP contribution is 2.33. The quantitative estimate of drug-likeness (QED) is 0.463. The highest BCUT2D eigenvalue weighted by atomic mass is 32.1. The molecule has 2 amide bonds. The van der Waals surface area contributed by atoms with Crippen LogP contribution in [0.5, 0.6) is 17.2 Å². The number of amides is 2. The number of anilines is 2. The molecule has 2 aromatic heterocycles. The molecule has 0 spiro atoms. The molecule has 2 aromatic carbocycles. The Hall–Kier alpha value is -3.65. The second kappa shape index (κ2) is 8.38. The van der Waals surface area contributed by atoms with Gasteiger partial charge in [0.2, 0.25) is 0 Å². The predicted octanol–water partition coefficient (Wildman–Crippen LogP) is 5.47. The summed E-state index contributed by atoms with van der Waals surface area (Å²) in [5, 5.41) is 6.02. The number of hydrogen-bond donors (Lipinski definition) is 1. The van der Waals surface area contributed by atoms with Gasteiger partial charge in [-0.05, 0) is 48.9 Å². The molecule has 2 heterocycles. The van der Waals surface area contributed by atoms with Gasteiger partial charge in [0, 0.05) is 42.0 Å². The Morgan fingerprint density at radius 2 is 1.87 bits per heavy atom. The van der Waals surface area contributed by atoms with Crippen LogP contribution < -0.4 is 19.7 Å². The molecule has 4 rings (SSSR count). The van der Waals surface area contributed by atoms with Gasteiger partial charge in [0.15, 0.2) is 5.13 Å². The summed E-state index contributed by atoms with van der Waals surface area (Å²) in [6.07, 6.45) is 3.35. The fraction of sp³-hybridized carbons (Fsp3) is 0.136. The lowest BCUT2D eigenvalue weighted by atomic mass is 10.1. The molecule has 8 heteroatoms. The molecule has 1 N–H and O–H groups in total. The summed E-state index contributed by atoms with van der Waals surface area (Å²) in [7, 11) is 3.34. The smallest absolute Gasteiger partial charge is 0.327 e. The lowest BCUT2D eigenvalue weighted by Gasteiger charge is -2.17. The van der Waals surface area contributed by atoms with Gasteiger partial charge in [0.25, 0.3) is 0 Å². The van der Waals surface area contributed by atoms with E-state index in [9.17, 15) is 4.79 Å². The van der Waals surface area contributed by atoms with Crippen molar-refractivity contribution in [2.24, 2.45) is 0 Å². The van der Waals surface area contributed by atoms with Gasteiger partial charge < -0.3 is 9.47 Å². The van der Waals surface area contributed by atoms with Crippen molar-refractivity contribution in [3.8, 4) is 17.2 Å². The number of benzene rings is 2. The van der Waals surface area contributed by atoms with E-state index in [1.54, 1.807) is 26.6 Å². The number of rotatable bonds is 5. The summed E-state index contributed by atoms with van der Waals surface area (Å²) >= 11 is 1.37. The SMILES string of the molecule is COc1cc2nccc(Oc3ccc(N(C)C(=O)Nc4nccs4)cc3)c2cc1C. The molecule has 4 aromatic rings. The maximum Gasteiger partial charge on any atom is 0.327 e. The normalized spacial score (nSPS) is 10.6. The summed E-state index contributed by atoms with van der Waals surface area (Å²) in [5.74, 6) is 2.15. The van der Waals surface area contributed by atoms with Crippen molar-refractivity contribution in [2.45, 2.75) is 6.92 Å². The van der Waals surface area contributed by atoms with Gasteiger partial charge >= 0.3 is 6.03 Å². The van der Waals surface area contributed by atoms with Gasteiger partial charge in [0.1, 0.15) is 17.2 Å². The second-order valence-corrected chi connectivity index (χ2v) is 7.47. The van der Waals surface area contributed by atoms with Crippen LogP contribution in [-0.4, -0.2) is 30.2 Å². The van der Waals surface area contributed by atoms with Gasteiger partial charge in [-0.1, -0.05) is 0 Å². The number of fused-ring (bicyclic) bond motifs is 1. The van der Waals surface area contributed by atoms with E-state index in [1.165, 1.54) is 16.2 Å². The molecule has 0 aliphatic rings. The fourth-order valence-corrected chi connectivity index (χ4v) is 3.53. The van der Waals surface area contributed by atoms with Crippen LogP contribution in [-0.2, 0) is 0 Å². The zero-order chi connectivity index (χ0) is 21.1. The number of methoxy groups -OCH3 is 1. The van der Waals surface area contributed by atoms with Crippen LogP contribution >= 0.6 is 11.3 Å². The second-order valence-electron chi connectivity index (χ2n) is 6.57. The van der Waals surface area contributed by atoms with E-state index in [0.29, 0.717) is 16.6 Å². The number of pyridine rings is 1. The standard InChI is InChI=1S/C22H20N4O3S/c1-14-12-17-18(13-20(14)28-3)23-9-8-19(17)29-16-6-4-15(5-7-16)26(2)22(27)25-21-24-10-11-30-21/h4-13H,1-3H3,(H,24,25,27). The highest BCUT2D eigenvalue weighted by molar-refractivity contribution is 7.13. The molecule has 0 fully saturated rings. The first-order valence-electron chi connectivity index (χ1n) is 9.20. The molecule has 0 bridgehead atoms. The van der Waals surface area contributed by atoms with Crippen LogP contribution in [0.15, 0.2) is 60.2 Å². The van der Waals surface area contributed by atoms with Crippen molar-refractivity contribution >= 4 is 39.1 Å². The Bertz CT molecular complexity index is 1180. The molecular weight excluding hydrogens is 400 g/mol. The number of ether oxygens (including phenoxy) is 2. The van der Waals surface area contributed by atoms with Crippen molar-refractivity contribution in [3.63, 3.8) is 0 Å². The Balaban J connectivity index is 1.52. The Morgan fingerprint density at radius 3 is 2.57 bits per heavy atom. The number of carbonyl (C=O) groups excluding carboxylic acids is 1. The molecular formula is C22H20N4O3S. The van der Waals surface area contributed by atoms with Crippen LogP contribution in [0.25, 0.3) is 10.9 Å².